The Morgan fingerprint density at radius 1 is 1.39 bits per heavy atom. The van der Waals surface area contributed by atoms with E-state index < -0.39 is 5.97 Å². The van der Waals surface area contributed by atoms with Gasteiger partial charge >= 0.3 is 5.97 Å². The van der Waals surface area contributed by atoms with Crippen LogP contribution in [0.5, 0.6) is 0 Å². The van der Waals surface area contributed by atoms with Gasteiger partial charge in [0.15, 0.2) is 6.61 Å². The van der Waals surface area contributed by atoms with E-state index in [1.54, 1.807) is 31.4 Å². The molecule has 6 heteroatoms. The number of carbonyl (C=O) groups is 2. The number of carbonyl (C=O) groups excluding carboxylic acids is 2. The number of halogens is 1. The highest BCUT2D eigenvalue weighted by Crippen LogP contribution is 2.12. The van der Waals surface area contributed by atoms with Crippen molar-refractivity contribution in [3.05, 3.63) is 34.3 Å². The maximum atomic E-state index is 11.6. The van der Waals surface area contributed by atoms with Crippen molar-refractivity contribution < 1.29 is 19.1 Å². The third kappa shape index (κ3) is 5.29. The first-order valence-corrected chi connectivity index (χ1v) is 6.11. The summed E-state index contributed by atoms with van der Waals surface area (Å²) in [7, 11) is 1.54. The summed E-state index contributed by atoms with van der Waals surface area (Å²) in [5, 5.41) is 2.55. The lowest BCUT2D eigenvalue weighted by Crippen LogP contribution is -2.31. The minimum absolute atomic E-state index is 0.297. The minimum atomic E-state index is -0.529. The van der Waals surface area contributed by atoms with Crippen LogP contribution in [-0.2, 0) is 14.3 Å². The maximum Gasteiger partial charge on any atom is 0.338 e. The molecule has 1 N–H and O–H groups in total. The fourth-order valence-corrected chi connectivity index (χ4v) is 1.57. The van der Waals surface area contributed by atoms with Gasteiger partial charge in [0.05, 0.1) is 12.2 Å². The van der Waals surface area contributed by atoms with Gasteiger partial charge in [-0.05, 0) is 18.2 Å². The molecule has 0 aliphatic heterocycles. The number of methoxy groups -OCH3 is 1. The van der Waals surface area contributed by atoms with Crippen molar-refractivity contribution in [2.45, 2.75) is 0 Å². The van der Waals surface area contributed by atoms with Gasteiger partial charge in [-0.25, -0.2) is 4.79 Å². The van der Waals surface area contributed by atoms with Crippen LogP contribution in [-0.4, -0.2) is 38.7 Å². The number of amides is 1. The molecule has 0 aromatic heterocycles. The van der Waals surface area contributed by atoms with Gasteiger partial charge in [-0.2, -0.15) is 0 Å². The Kier molecular flexibility index (Phi) is 6.38. The van der Waals surface area contributed by atoms with Crippen LogP contribution >= 0.6 is 15.9 Å². The number of ether oxygens (including phenoxy) is 2. The van der Waals surface area contributed by atoms with Gasteiger partial charge in [-0.1, -0.05) is 22.0 Å². The van der Waals surface area contributed by atoms with E-state index in [0.717, 1.165) is 4.47 Å². The zero-order chi connectivity index (χ0) is 13.4. The topological polar surface area (TPSA) is 64.6 Å². The quantitative estimate of drug-likeness (QED) is 0.636. The molecule has 0 bridgehead atoms. The van der Waals surface area contributed by atoms with Gasteiger partial charge < -0.3 is 14.8 Å². The van der Waals surface area contributed by atoms with Crippen molar-refractivity contribution in [1.29, 1.82) is 0 Å². The Labute approximate surface area is 114 Å². The first kappa shape index (κ1) is 14.7. The van der Waals surface area contributed by atoms with Crippen molar-refractivity contribution in [1.82, 2.24) is 5.32 Å². The predicted molar refractivity (Wildman–Crippen MR) is 69.3 cm³/mol. The molecular formula is C12H14BrNO4. The standard InChI is InChI=1S/C12H14BrNO4/c1-17-6-5-14-11(15)8-18-12(16)9-3-2-4-10(13)7-9/h2-4,7H,5-6,8H2,1H3,(H,14,15). The molecule has 98 valence electrons. The van der Waals surface area contributed by atoms with Crippen LogP contribution < -0.4 is 5.32 Å². The molecule has 0 saturated heterocycles. The number of esters is 1. The van der Waals surface area contributed by atoms with Crippen LogP contribution in [0.15, 0.2) is 28.7 Å². The molecular weight excluding hydrogens is 302 g/mol. The van der Waals surface area contributed by atoms with Crippen LogP contribution in [0.4, 0.5) is 0 Å². The SMILES string of the molecule is COCCNC(=O)COC(=O)c1cccc(Br)c1. The van der Waals surface area contributed by atoms with Crippen molar-refractivity contribution in [3.8, 4) is 0 Å². The lowest BCUT2D eigenvalue weighted by Gasteiger charge is -2.06. The average Bonchev–Trinajstić information content (AvgIpc) is 2.36. The molecule has 0 spiro atoms. The molecule has 1 aromatic rings. The molecule has 1 rings (SSSR count). The first-order valence-electron chi connectivity index (χ1n) is 5.32. The van der Waals surface area contributed by atoms with Gasteiger partial charge in [0, 0.05) is 18.1 Å². The number of hydrogen-bond acceptors (Lipinski definition) is 4. The number of benzene rings is 1. The second kappa shape index (κ2) is 7.84. The highest BCUT2D eigenvalue weighted by Gasteiger charge is 2.09. The largest absolute Gasteiger partial charge is 0.452 e. The summed E-state index contributed by atoms with van der Waals surface area (Å²) in [6, 6.07) is 6.77. The summed E-state index contributed by atoms with van der Waals surface area (Å²) in [5.41, 5.74) is 0.397. The van der Waals surface area contributed by atoms with Gasteiger partial charge in [0.2, 0.25) is 0 Å². The van der Waals surface area contributed by atoms with E-state index in [4.69, 9.17) is 9.47 Å². The lowest BCUT2D eigenvalue weighted by molar-refractivity contribution is -0.124. The summed E-state index contributed by atoms with van der Waals surface area (Å²) in [4.78, 5) is 22.9. The molecule has 5 nitrogen and oxygen atoms in total. The minimum Gasteiger partial charge on any atom is -0.452 e. The van der Waals surface area contributed by atoms with Crippen LogP contribution in [0, 0.1) is 0 Å². The van der Waals surface area contributed by atoms with E-state index in [1.807, 2.05) is 0 Å². The molecule has 0 atom stereocenters. The average molecular weight is 316 g/mol. The number of nitrogens with one attached hydrogen (secondary N) is 1. The van der Waals surface area contributed by atoms with Gasteiger partial charge in [-0.3, -0.25) is 4.79 Å². The predicted octanol–water partition coefficient (Wildman–Crippen LogP) is 1.37. The second-order valence-corrected chi connectivity index (χ2v) is 4.34. The third-order valence-electron chi connectivity index (χ3n) is 2.02. The summed E-state index contributed by atoms with van der Waals surface area (Å²) in [6.07, 6.45) is 0. The normalized spacial score (nSPS) is 9.89. The summed E-state index contributed by atoms with van der Waals surface area (Å²) >= 11 is 3.25. The monoisotopic (exact) mass is 315 g/mol. The molecule has 0 heterocycles. The Balaban J connectivity index is 2.35. The molecule has 0 aliphatic carbocycles. The summed E-state index contributed by atoms with van der Waals surface area (Å²) in [6.45, 7) is 0.518. The first-order chi connectivity index (χ1) is 8.63. The van der Waals surface area contributed by atoms with E-state index in [0.29, 0.717) is 18.7 Å². The van der Waals surface area contributed by atoms with Crippen molar-refractivity contribution in [2.24, 2.45) is 0 Å². The zero-order valence-corrected chi connectivity index (χ0v) is 11.5. The maximum absolute atomic E-state index is 11.6. The van der Waals surface area contributed by atoms with Crippen LogP contribution in [0.2, 0.25) is 0 Å². The summed E-state index contributed by atoms with van der Waals surface area (Å²) < 4.78 is 10.4. The van der Waals surface area contributed by atoms with E-state index in [-0.39, 0.29) is 12.5 Å². The molecule has 0 aliphatic rings. The summed E-state index contributed by atoms with van der Waals surface area (Å²) in [5.74, 6) is -0.881. The molecule has 0 unspecified atom stereocenters. The Morgan fingerprint density at radius 3 is 2.83 bits per heavy atom. The molecule has 0 radical (unpaired) electrons. The highest BCUT2D eigenvalue weighted by molar-refractivity contribution is 9.10. The third-order valence-corrected chi connectivity index (χ3v) is 2.52. The van der Waals surface area contributed by atoms with Gasteiger partial charge in [0.25, 0.3) is 5.91 Å². The molecule has 1 aromatic carbocycles. The zero-order valence-electron chi connectivity index (χ0n) is 9.94. The smallest absolute Gasteiger partial charge is 0.338 e. The van der Waals surface area contributed by atoms with E-state index in [9.17, 15) is 9.59 Å². The van der Waals surface area contributed by atoms with Gasteiger partial charge in [-0.15, -0.1) is 0 Å². The van der Waals surface area contributed by atoms with Crippen molar-refractivity contribution in [3.63, 3.8) is 0 Å². The number of rotatable bonds is 6. The lowest BCUT2D eigenvalue weighted by atomic mass is 10.2. The Hall–Kier alpha value is -1.40. The van der Waals surface area contributed by atoms with Crippen LogP contribution in [0.25, 0.3) is 0 Å². The highest BCUT2D eigenvalue weighted by atomic mass is 79.9. The number of hydrogen-bond donors (Lipinski definition) is 1. The van der Waals surface area contributed by atoms with E-state index in [1.165, 1.54) is 0 Å². The van der Waals surface area contributed by atoms with Crippen molar-refractivity contribution >= 4 is 27.8 Å². The Bertz CT molecular complexity index is 422. The van der Waals surface area contributed by atoms with Crippen LogP contribution in [0.1, 0.15) is 10.4 Å². The van der Waals surface area contributed by atoms with Crippen LogP contribution in [0.3, 0.4) is 0 Å². The fraction of sp³-hybridized carbons (Fsp3) is 0.333. The second-order valence-electron chi connectivity index (χ2n) is 3.43. The fourth-order valence-electron chi connectivity index (χ4n) is 1.17. The van der Waals surface area contributed by atoms with Gasteiger partial charge in [0.1, 0.15) is 0 Å². The molecule has 0 fully saturated rings. The Morgan fingerprint density at radius 2 is 2.17 bits per heavy atom. The van der Waals surface area contributed by atoms with E-state index >= 15 is 0 Å². The van der Waals surface area contributed by atoms with E-state index in [2.05, 4.69) is 21.2 Å². The molecule has 1 amide bonds. The van der Waals surface area contributed by atoms with Crippen molar-refractivity contribution in [2.75, 3.05) is 26.9 Å². The molecule has 18 heavy (non-hydrogen) atoms. The molecule has 0 saturated carbocycles.